The molecule has 0 aliphatic carbocycles. The number of ether oxygens (including phenoxy) is 1. The Morgan fingerprint density at radius 1 is 1.50 bits per heavy atom. The average Bonchev–Trinajstić information content (AvgIpc) is 2.40. The molecular weight excluding hydrogens is 276 g/mol. The van der Waals surface area contributed by atoms with Gasteiger partial charge in [0.1, 0.15) is 5.75 Å². The van der Waals surface area contributed by atoms with Gasteiger partial charge >= 0.3 is 0 Å². The van der Waals surface area contributed by atoms with Gasteiger partial charge in [-0.1, -0.05) is 6.92 Å². The molecule has 1 aromatic rings. The van der Waals surface area contributed by atoms with Crippen LogP contribution in [0.5, 0.6) is 5.75 Å². The second-order valence-corrected chi connectivity index (χ2v) is 6.06. The highest BCUT2D eigenvalue weighted by Gasteiger charge is 2.11. The number of nitrogen functional groups attached to an aromatic ring is 1. The van der Waals surface area contributed by atoms with Crippen LogP contribution in [0.15, 0.2) is 18.2 Å². The van der Waals surface area contributed by atoms with Gasteiger partial charge in [-0.3, -0.25) is 4.79 Å². The number of hydrogen-bond acceptors (Lipinski definition) is 5. The summed E-state index contributed by atoms with van der Waals surface area (Å²) in [6.45, 7) is 3.69. The summed E-state index contributed by atoms with van der Waals surface area (Å²) in [5.74, 6) is 1.12. The van der Waals surface area contributed by atoms with Crippen molar-refractivity contribution < 1.29 is 14.6 Å². The molecule has 0 aliphatic rings. The van der Waals surface area contributed by atoms with Crippen molar-refractivity contribution in [1.82, 2.24) is 0 Å². The molecule has 4 N–H and O–H groups in total. The molecule has 0 saturated carbocycles. The summed E-state index contributed by atoms with van der Waals surface area (Å²) >= 11 is 1.57. The zero-order chi connectivity index (χ0) is 15.1. The Labute approximate surface area is 123 Å². The van der Waals surface area contributed by atoms with E-state index in [0.29, 0.717) is 29.3 Å². The van der Waals surface area contributed by atoms with Crippen LogP contribution in [-0.4, -0.2) is 35.2 Å². The molecule has 0 radical (unpaired) electrons. The smallest absolute Gasteiger partial charge is 0.225 e. The Morgan fingerprint density at radius 2 is 2.20 bits per heavy atom. The number of aliphatic hydroxyl groups is 1. The van der Waals surface area contributed by atoms with Crippen molar-refractivity contribution in [2.45, 2.75) is 31.6 Å². The van der Waals surface area contributed by atoms with Crippen molar-refractivity contribution in [2.75, 3.05) is 23.9 Å². The van der Waals surface area contributed by atoms with E-state index in [1.54, 1.807) is 36.9 Å². The van der Waals surface area contributed by atoms with Crippen molar-refractivity contribution in [3.8, 4) is 5.75 Å². The number of carbonyl (C=O) groups excluding carboxylic acids is 1. The van der Waals surface area contributed by atoms with E-state index in [4.69, 9.17) is 10.5 Å². The number of hydrogen-bond donors (Lipinski definition) is 3. The Morgan fingerprint density at radius 3 is 2.80 bits per heavy atom. The average molecular weight is 298 g/mol. The maximum Gasteiger partial charge on any atom is 0.225 e. The van der Waals surface area contributed by atoms with Crippen LogP contribution in [0, 0.1) is 0 Å². The maximum absolute atomic E-state index is 11.8. The molecule has 0 heterocycles. The van der Waals surface area contributed by atoms with E-state index in [0.717, 1.165) is 0 Å². The quantitative estimate of drug-likeness (QED) is 0.671. The zero-order valence-corrected chi connectivity index (χ0v) is 12.9. The molecule has 0 fully saturated rings. The van der Waals surface area contributed by atoms with Crippen molar-refractivity contribution in [3.05, 3.63) is 18.2 Å². The third-order valence-corrected chi connectivity index (χ3v) is 4.25. The Bertz CT molecular complexity index is 452. The largest absolute Gasteiger partial charge is 0.494 e. The van der Waals surface area contributed by atoms with E-state index in [-0.39, 0.29) is 17.3 Å². The van der Waals surface area contributed by atoms with Gasteiger partial charge in [0.2, 0.25) is 5.91 Å². The van der Waals surface area contributed by atoms with Gasteiger partial charge in [-0.05, 0) is 19.1 Å². The first-order valence-electron chi connectivity index (χ1n) is 6.47. The van der Waals surface area contributed by atoms with E-state index >= 15 is 0 Å². The van der Waals surface area contributed by atoms with Crippen LogP contribution in [0.4, 0.5) is 11.4 Å². The van der Waals surface area contributed by atoms with E-state index < -0.39 is 0 Å². The van der Waals surface area contributed by atoms with Crippen LogP contribution in [0.2, 0.25) is 0 Å². The first kappa shape index (κ1) is 16.7. The summed E-state index contributed by atoms with van der Waals surface area (Å²) in [5, 5.41) is 12.3. The molecule has 0 bridgehead atoms. The summed E-state index contributed by atoms with van der Waals surface area (Å²) in [6.07, 6.45) is 0.00942. The number of nitrogens with one attached hydrogen (secondary N) is 1. The number of thioether (sulfide) groups is 1. The van der Waals surface area contributed by atoms with E-state index in [2.05, 4.69) is 5.32 Å². The topological polar surface area (TPSA) is 84.6 Å². The van der Waals surface area contributed by atoms with Gasteiger partial charge in [0.15, 0.2) is 0 Å². The molecule has 5 nitrogen and oxygen atoms in total. The Hall–Kier alpha value is -1.40. The van der Waals surface area contributed by atoms with Crippen LogP contribution in [0.1, 0.15) is 20.3 Å². The third kappa shape index (κ3) is 5.30. The molecule has 112 valence electrons. The lowest BCUT2D eigenvalue weighted by Crippen LogP contribution is -2.18. The SMILES string of the molecule is COc1cc(N)ccc1NC(=O)CCSC(C)C(C)O. The molecule has 2 unspecified atom stereocenters. The highest BCUT2D eigenvalue weighted by atomic mass is 32.2. The molecule has 2 atom stereocenters. The lowest BCUT2D eigenvalue weighted by atomic mass is 10.2. The van der Waals surface area contributed by atoms with Gasteiger partial charge < -0.3 is 20.9 Å². The van der Waals surface area contributed by atoms with Gasteiger partial charge in [0, 0.05) is 29.2 Å². The summed E-state index contributed by atoms with van der Waals surface area (Å²) < 4.78 is 5.17. The zero-order valence-electron chi connectivity index (χ0n) is 12.1. The summed E-state index contributed by atoms with van der Waals surface area (Å²) in [5.41, 5.74) is 6.85. The van der Waals surface area contributed by atoms with E-state index in [1.807, 2.05) is 6.92 Å². The minimum atomic E-state index is -0.375. The van der Waals surface area contributed by atoms with Gasteiger partial charge in [0.25, 0.3) is 0 Å². The number of nitrogens with two attached hydrogens (primary N) is 1. The van der Waals surface area contributed by atoms with Crippen molar-refractivity contribution in [2.24, 2.45) is 0 Å². The molecular formula is C14H22N2O3S. The number of carbonyl (C=O) groups is 1. The fraction of sp³-hybridized carbons (Fsp3) is 0.500. The molecule has 1 amide bonds. The molecule has 6 heteroatoms. The number of rotatable bonds is 7. The summed E-state index contributed by atoms with van der Waals surface area (Å²) in [6, 6.07) is 5.10. The van der Waals surface area contributed by atoms with Crippen molar-refractivity contribution >= 4 is 29.0 Å². The van der Waals surface area contributed by atoms with Gasteiger partial charge in [0.05, 0.1) is 18.9 Å². The lowest BCUT2D eigenvalue weighted by Gasteiger charge is -2.14. The number of methoxy groups -OCH3 is 1. The second kappa shape index (κ2) is 8.01. The molecule has 0 saturated heterocycles. The summed E-state index contributed by atoms with van der Waals surface area (Å²) in [7, 11) is 1.53. The molecule has 0 aromatic heterocycles. The van der Waals surface area contributed by atoms with E-state index in [9.17, 15) is 9.90 Å². The monoisotopic (exact) mass is 298 g/mol. The van der Waals surface area contributed by atoms with E-state index in [1.165, 1.54) is 7.11 Å². The highest BCUT2D eigenvalue weighted by molar-refractivity contribution is 7.99. The van der Waals surface area contributed by atoms with Crippen LogP contribution in [-0.2, 0) is 4.79 Å². The number of benzene rings is 1. The number of amides is 1. The lowest BCUT2D eigenvalue weighted by molar-refractivity contribution is -0.115. The third-order valence-electron chi connectivity index (χ3n) is 2.89. The predicted octanol–water partition coefficient (Wildman–Crippen LogP) is 2.11. The highest BCUT2D eigenvalue weighted by Crippen LogP contribution is 2.26. The molecule has 0 aliphatic heterocycles. The normalized spacial score (nSPS) is 13.6. The van der Waals surface area contributed by atoms with Crippen molar-refractivity contribution in [3.63, 3.8) is 0 Å². The fourth-order valence-corrected chi connectivity index (χ4v) is 2.45. The predicted molar refractivity (Wildman–Crippen MR) is 84.3 cm³/mol. The van der Waals surface area contributed by atoms with Crippen LogP contribution < -0.4 is 15.8 Å². The first-order valence-corrected chi connectivity index (χ1v) is 7.52. The minimum absolute atomic E-state index is 0.0848. The fourth-order valence-electron chi connectivity index (χ4n) is 1.50. The van der Waals surface area contributed by atoms with Crippen LogP contribution in [0.25, 0.3) is 0 Å². The number of anilines is 2. The van der Waals surface area contributed by atoms with Crippen LogP contribution in [0.3, 0.4) is 0 Å². The van der Waals surface area contributed by atoms with Gasteiger partial charge in [-0.15, -0.1) is 0 Å². The van der Waals surface area contributed by atoms with Gasteiger partial charge in [-0.25, -0.2) is 0 Å². The number of aliphatic hydroxyl groups excluding tert-OH is 1. The Kier molecular flexibility index (Phi) is 6.67. The van der Waals surface area contributed by atoms with Gasteiger partial charge in [-0.2, -0.15) is 11.8 Å². The minimum Gasteiger partial charge on any atom is -0.494 e. The maximum atomic E-state index is 11.8. The molecule has 20 heavy (non-hydrogen) atoms. The second-order valence-electron chi connectivity index (χ2n) is 4.57. The van der Waals surface area contributed by atoms with Crippen molar-refractivity contribution in [1.29, 1.82) is 0 Å². The molecule has 1 rings (SSSR count). The summed E-state index contributed by atoms with van der Waals surface area (Å²) in [4.78, 5) is 11.8. The standard InChI is InChI=1S/C14H22N2O3S/c1-9(17)10(2)20-7-6-14(18)16-12-5-4-11(15)8-13(12)19-3/h4-5,8-10,17H,6-7,15H2,1-3H3,(H,16,18). The Balaban J connectivity index is 2.46. The first-order chi connectivity index (χ1) is 9.43. The van der Waals surface area contributed by atoms with Crippen LogP contribution >= 0.6 is 11.8 Å². The molecule has 1 aromatic carbocycles. The molecule has 0 spiro atoms.